The van der Waals surface area contributed by atoms with Gasteiger partial charge in [0.1, 0.15) is 11.2 Å². The second-order valence-electron chi connectivity index (χ2n) is 31.9. The molecular weight excluding hydrogens is 1530 g/mol. The van der Waals surface area contributed by atoms with E-state index in [0.29, 0.717) is 0 Å². The number of thiophene rings is 1. The van der Waals surface area contributed by atoms with E-state index in [1.165, 1.54) is 30.9 Å². The van der Waals surface area contributed by atoms with Gasteiger partial charge in [0, 0.05) is 103 Å². The van der Waals surface area contributed by atoms with Gasteiger partial charge in [-0.05, 0) is 177 Å². The predicted molar refractivity (Wildman–Crippen MR) is 517 cm³/mol. The molecule has 0 aliphatic carbocycles. The minimum atomic E-state index is 0.792. The largest absolute Gasteiger partial charge is 0.456 e. The van der Waals surface area contributed by atoms with E-state index in [9.17, 15) is 0 Å². The van der Waals surface area contributed by atoms with Gasteiger partial charge in [0.05, 0.1) is 79.0 Å². The molecule has 0 bridgehead atoms. The molecule has 0 amide bonds. The Morgan fingerprint density at radius 3 is 1.02 bits per heavy atom. The van der Waals surface area contributed by atoms with E-state index in [2.05, 4.69) is 446 Å². The molecule has 8 heteroatoms. The Labute approximate surface area is 719 Å². The van der Waals surface area contributed by atoms with Gasteiger partial charge in [-0.1, -0.05) is 309 Å². The van der Waals surface area contributed by atoms with Crippen LogP contribution in [0.25, 0.3) is 243 Å². The van der Waals surface area contributed by atoms with Crippen molar-refractivity contribution in [3.8, 4) is 157 Å². The van der Waals surface area contributed by atoms with E-state index >= 15 is 0 Å². The summed E-state index contributed by atoms with van der Waals surface area (Å²) in [6, 6.07) is 157. The average Bonchev–Trinajstić information content (AvgIpc) is 1.56. The van der Waals surface area contributed by atoms with Crippen LogP contribution in [0.15, 0.2) is 441 Å². The van der Waals surface area contributed by atoms with Gasteiger partial charge in [-0.3, -0.25) is 0 Å². The number of aromatic nitrogens is 6. The fourth-order valence-corrected chi connectivity index (χ4v) is 19.8. The summed E-state index contributed by atoms with van der Waals surface area (Å²) in [6.45, 7) is 0. The van der Waals surface area contributed by atoms with Crippen molar-refractivity contribution in [1.82, 2.24) is 29.1 Å². The van der Waals surface area contributed by atoms with Crippen LogP contribution in [0.3, 0.4) is 0 Å². The van der Waals surface area contributed by atoms with Gasteiger partial charge < -0.3 is 13.6 Å². The van der Waals surface area contributed by atoms with Gasteiger partial charge in [-0.2, -0.15) is 0 Å². The number of para-hydroxylation sites is 2. The lowest BCUT2D eigenvalue weighted by molar-refractivity contribution is 0.669. The first kappa shape index (κ1) is 71.8. The monoisotopic (exact) mass is 1600 g/mol. The van der Waals surface area contributed by atoms with Crippen molar-refractivity contribution < 1.29 is 4.42 Å². The van der Waals surface area contributed by atoms with Crippen LogP contribution >= 0.6 is 11.3 Å². The van der Waals surface area contributed by atoms with Crippen LogP contribution in [0.4, 0.5) is 0 Å². The number of hydrogen-bond donors (Lipinski definition) is 0. The minimum absolute atomic E-state index is 0.792. The molecule has 0 aliphatic heterocycles. The number of rotatable bonds is 15. The Kier molecular flexibility index (Phi) is 17.3. The van der Waals surface area contributed by atoms with Crippen LogP contribution in [-0.4, -0.2) is 29.1 Å². The Morgan fingerprint density at radius 1 is 0.177 bits per heavy atom. The zero-order valence-corrected chi connectivity index (χ0v) is 67.9. The van der Waals surface area contributed by atoms with Crippen molar-refractivity contribution >= 4 is 97.1 Å². The number of nitrogens with zero attached hydrogens (tertiary/aromatic N) is 6. The summed E-state index contributed by atoms with van der Waals surface area (Å²) < 4.78 is 14.7. The van der Waals surface area contributed by atoms with E-state index < -0.39 is 0 Å². The van der Waals surface area contributed by atoms with Gasteiger partial charge in [0.15, 0.2) is 0 Å². The third-order valence-electron chi connectivity index (χ3n) is 24.5. The fraction of sp³-hybridized carbons (Fsp3) is 0. The maximum absolute atomic E-state index is 7.23. The first-order valence-electron chi connectivity index (χ1n) is 42.0. The first-order chi connectivity index (χ1) is 61.4. The lowest BCUT2D eigenvalue weighted by Crippen LogP contribution is -2.01. The molecule has 0 saturated heterocycles. The summed E-state index contributed by atoms with van der Waals surface area (Å²) >= 11 is 1.85. The smallest absolute Gasteiger partial charge is 0.136 e. The van der Waals surface area contributed by atoms with Crippen molar-refractivity contribution in [1.29, 1.82) is 0 Å². The van der Waals surface area contributed by atoms with Gasteiger partial charge in [-0.15, -0.1) is 11.3 Å². The van der Waals surface area contributed by atoms with Crippen LogP contribution in [0.2, 0.25) is 0 Å². The third-order valence-corrected chi connectivity index (χ3v) is 25.6. The maximum atomic E-state index is 7.23. The van der Waals surface area contributed by atoms with Gasteiger partial charge in [0.2, 0.25) is 0 Å². The molecule has 24 rings (SSSR count). The molecule has 0 fully saturated rings. The molecule has 8 aromatic heterocycles. The van der Waals surface area contributed by atoms with E-state index in [4.69, 9.17) is 24.4 Å². The quantitative estimate of drug-likeness (QED) is 0.102. The molecular formula is C116H72N6OS. The Balaban J connectivity index is 0.673. The molecule has 0 saturated carbocycles. The predicted octanol–water partition coefficient (Wildman–Crippen LogP) is 31.4. The van der Waals surface area contributed by atoms with E-state index in [0.717, 1.165) is 212 Å². The second-order valence-corrected chi connectivity index (χ2v) is 32.9. The van der Waals surface area contributed by atoms with Crippen LogP contribution in [-0.2, 0) is 0 Å². The van der Waals surface area contributed by atoms with Crippen molar-refractivity contribution in [2.75, 3.05) is 0 Å². The molecule has 0 atom stereocenters. The summed E-state index contributed by atoms with van der Waals surface area (Å²) in [7, 11) is 0. The van der Waals surface area contributed by atoms with Crippen molar-refractivity contribution in [3.05, 3.63) is 437 Å². The highest BCUT2D eigenvalue weighted by Crippen LogP contribution is 2.50. The Morgan fingerprint density at radius 2 is 0.532 bits per heavy atom. The second kappa shape index (κ2) is 29.9. The zero-order valence-electron chi connectivity index (χ0n) is 67.1. The van der Waals surface area contributed by atoms with Crippen LogP contribution in [0.1, 0.15) is 0 Å². The molecule has 0 unspecified atom stereocenters. The summed E-state index contributed by atoms with van der Waals surface area (Å²) in [5.41, 5.74) is 33.6. The number of fused-ring (bicyclic) bond motifs is 14. The number of pyridine rings is 4. The molecule has 124 heavy (non-hydrogen) atoms. The molecule has 0 spiro atoms. The van der Waals surface area contributed by atoms with Crippen LogP contribution in [0, 0.1) is 0 Å². The van der Waals surface area contributed by atoms with E-state index in [1.54, 1.807) is 0 Å². The van der Waals surface area contributed by atoms with Crippen LogP contribution in [0.5, 0.6) is 0 Å². The normalized spacial score (nSPS) is 11.7. The highest BCUT2D eigenvalue weighted by molar-refractivity contribution is 7.26. The molecule has 8 heterocycles. The lowest BCUT2D eigenvalue weighted by atomic mass is 9.92. The Bertz CT molecular complexity index is 8150. The molecule has 16 aromatic carbocycles. The molecule has 0 aliphatic rings. The molecule has 7 nitrogen and oxygen atoms in total. The third kappa shape index (κ3) is 12.5. The number of hydrogen-bond acceptors (Lipinski definition) is 6. The van der Waals surface area contributed by atoms with Crippen molar-refractivity contribution in [2.24, 2.45) is 0 Å². The minimum Gasteiger partial charge on any atom is -0.456 e. The molecule has 0 N–H and O–H groups in total. The summed E-state index contributed by atoms with van der Waals surface area (Å²) in [5, 5.41) is 9.28. The standard InChI is InChI=1S/C116H72N6OS/c1-8-30-73(31-9-1)83-64-95(75-34-12-3-13-35-75)118-100(66-83)81-53-56-105(93(62-81)86-70-98(78-40-18-6-19-41-78)117-99(71-86)79-42-20-7-21-43-79)121-103-49-27-24-46-89(103)113-107(121)58-60-109-115(113)91-55-52-80(72-110(91)123-109)87-44-22-23-45-88(87)85-68-97(77-38-16-5-17-39-77)119-101(69-85)82-54-57-106(94(63-82)102-67-84(74-32-10-2-11-33-74)65-96(120-102)76-36-14-4-15-37-76)122-104-50-28-25-47-90(104)114-108(122)59-61-112-116(114)92-48-26-29-51-111(92)124-112/h1-72H. The van der Waals surface area contributed by atoms with Crippen molar-refractivity contribution in [3.63, 3.8) is 0 Å². The van der Waals surface area contributed by atoms with E-state index in [1.807, 2.05) is 11.3 Å². The maximum Gasteiger partial charge on any atom is 0.136 e. The van der Waals surface area contributed by atoms with Gasteiger partial charge >= 0.3 is 0 Å². The topological polar surface area (TPSA) is 74.6 Å². The molecule has 0 radical (unpaired) electrons. The summed E-state index contributed by atoms with van der Waals surface area (Å²) in [6.07, 6.45) is 0. The van der Waals surface area contributed by atoms with Crippen LogP contribution < -0.4 is 0 Å². The van der Waals surface area contributed by atoms with Crippen molar-refractivity contribution in [2.45, 2.75) is 0 Å². The molecule has 24 aromatic rings. The summed E-state index contributed by atoms with van der Waals surface area (Å²) in [5.74, 6) is 0. The number of benzene rings is 16. The first-order valence-corrected chi connectivity index (χ1v) is 42.9. The van der Waals surface area contributed by atoms with E-state index in [-0.39, 0.29) is 0 Å². The zero-order chi connectivity index (χ0) is 81.7. The van der Waals surface area contributed by atoms with Gasteiger partial charge in [0.25, 0.3) is 0 Å². The lowest BCUT2D eigenvalue weighted by Gasteiger charge is -2.18. The molecule has 578 valence electrons. The number of furan rings is 1. The highest BCUT2D eigenvalue weighted by atomic mass is 32.1. The summed E-state index contributed by atoms with van der Waals surface area (Å²) in [4.78, 5) is 22.4. The highest BCUT2D eigenvalue weighted by Gasteiger charge is 2.27. The van der Waals surface area contributed by atoms with Gasteiger partial charge in [-0.25, -0.2) is 19.9 Å². The Hall–Kier alpha value is -16.3. The average molecular weight is 1600 g/mol. The fourth-order valence-electron chi connectivity index (χ4n) is 18.7. The SMILES string of the molecule is c1ccc(-c2cc(-c3ccccc3)nc(-c3ccc(-n4c5ccccc5c5c6c(ccc54)oc4cc(-c5ccccc5-c5cc(-c7ccccc7)nc(-c7ccc(-n8c9ccccc9c9c%10c(ccc98)sc8ccccc8%10)c(-c8cc(-c9ccccc9)cc(-c9ccccc9)n8)c7)c5)ccc46)c(-c4cc(-c5ccccc5)nc(-c5ccccc5)c4)c3)c2)cc1.